The number of rotatable bonds is 3. The summed E-state index contributed by atoms with van der Waals surface area (Å²) in [5.41, 5.74) is 1.83. The number of hydrogen-bond donors (Lipinski definition) is 0. The Kier molecular flexibility index (Phi) is 4.41. The fourth-order valence-corrected chi connectivity index (χ4v) is 2.73. The van der Waals surface area contributed by atoms with E-state index < -0.39 is 11.2 Å². The van der Waals surface area contributed by atoms with Gasteiger partial charge in [0.05, 0.1) is 15.5 Å². The molecule has 1 atom stereocenters. The number of carbonyl (C=O) groups excluding carboxylic acids is 1. The highest BCUT2D eigenvalue weighted by molar-refractivity contribution is 6.34. The minimum atomic E-state index is -0.746. The summed E-state index contributed by atoms with van der Waals surface area (Å²) in [6, 6.07) is 11.4. The molecule has 3 rings (SSSR count). The first-order chi connectivity index (χ1) is 11.9. The summed E-state index contributed by atoms with van der Waals surface area (Å²) in [6.07, 6.45) is -0.746. The smallest absolute Gasteiger partial charge is 0.270 e. The average Bonchev–Trinajstić information content (AvgIpc) is 3.00. The molecule has 1 amide bonds. The molecule has 1 aliphatic rings. The first-order valence-corrected chi connectivity index (χ1v) is 7.81. The van der Waals surface area contributed by atoms with E-state index in [2.05, 4.69) is 5.10 Å². The van der Waals surface area contributed by atoms with Crippen LogP contribution in [0.3, 0.4) is 0 Å². The lowest BCUT2D eigenvalue weighted by Crippen LogP contribution is -2.25. The van der Waals surface area contributed by atoms with Gasteiger partial charge in [-0.2, -0.15) is 5.01 Å². The van der Waals surface area contributed by atoms with E-state index in [1.807, 2.05) is 31.2 Å². The van der Waals surface area contributed by atoms with Crippen LogP contribution in [0.25, 0.3) is 0 Å². The monoisotopic (exact) mass is 359 g/mol. The van der Waals surface area contributed by atoms with Gasteiger partial charge in [-0.15, -0.1) is 5.10 Å². The molecule has 128 valence electrons. The highest BCUT2D eigenvalue weighted by atomic mass is 35.5. The lowest BCUT2D eigenvalue weighted by molar-refractivity contribution is -0.384. The van der Waals surface area contributed by atoms with Crippen molar-refractivity contribution in [2.75, 3.05) is 0 Å². The van der Waals surface area contributed by atoms with Gasteiger partial charge in [0.25, 0.3) is 5.69 Å². The molecule has 1 aliphatic heterocycles. The van der Waals surface area contributed by atoms with Crippen LogP contribution in [-0.2, 0) is 9.53 Å². The molecule has 2 aromatic rings. The van der Waals surface area contributed by atoms with Gasteiger partial charge in [0, 0.05) is 24.6 Å². The second-order valence-electron chi connectivity index (χ2n) is 5.52. The van der Waals surface area contributed by atoms with E-state index in [-0.39, 0.29) is 28.1 Å². The van der Waals surface area contributed by atoms with Gasteiger partial charge in [0.1, 0.15) is 0 Å². The molecule has 0 bridgehead atoms. The third-order valence-electron chi connectivity index (χ3n) is 3.81. The zero-order valence-electron chi connectivity index (χ0n) is 13.5. The Morgan fingerprint density at radius 1 is 1.32 bits per heavy atom. The van der Waals surface area contributed by atoms with Crippen LogP contribution in [-0.4, -0.2) is 21.7 Å². The molecule has 7 nitrogen and oxygen atoms in total. The maximum Gasteiger partial charge on any atom is 0.270 e. The topological polar surface area (TPSA) is 85.0 Å². The van der Waals surface area contributed by atoms with Crippen LogP contribution in [0.4, 0.5) is 5.69 Å². The third kappa shape index (κ3) is 3.18. The number of non-ortho nitro benzene ring substituents is 1. The summed E-state index contributed by atoms with van der Waals surface area (Å²) in [4.78, 5) is 22.4. The summed E-state index contributed by atoms with van der Waals surface area (Å²) < 4.78 is 5.85. The molecule has 1 heterocycles. The van der Waals surface area contributed by atoms with Crippen molar-refractivity contribution in [2.24, 2.45) is 5.10 Å². The number of benzene rings is 2. The van der Waals surface area contributed by atoms with E-state index in [9.17, 15) is 14.9 Å². The van der Waals surface area contributed by atoms with Crippen molar-refractivity contribution >= 4 is 29.1 Å². The largest absolute Gasteiger partial charge is 0.446 e. The second kappa shape index (κ2) is 6.52. The number of nitrogens with zero attached hydrogens (tertiary/aromatic N) is 3. The Balaban J connectivity index is 2.04. The highest BCUT2D eigenvalue weighted by Crippen LogP contribution is 2.34. The van der Waals surface area contributed by atoms with E-state index in [4.69, 9.17) is 16.3 Å². The van der Waals surface area contributed by atoms with Gasteiger partial charge in [-0.25, -0.2) is 0 Å². The molecular weight excluding hydrogens is 346 g/mol. The van der Waals surface area contributed by atoms with Gasteiger partial charge in [0.2, 0.25) is 18.0 Å². The zero-order valence-corrected chi connectivity index (χ0v) is 14.2. The molecule has 25 heavy (non-hydrogen) atoms. The fraction of sp³-hybridized carbons (Fsp3) is 0.176. The Morgan fingerprint density at radius 2 is 2.04 bits per heavy atom. The fourth-order valence-electron chi connectivity index (χ4n) is 2.53. The summed E-state index contributed by atoms with van der Waals surface area (Å²) in [5, 5.41) is 16.6. The van der Waals surface area contributed by atoms with Gasteiger partial charge < -0.3 is 4.74 Å². The Labute approximate surface area is 148 Å². The van der Waals surface area contributed by atoms with Gasteiger partial charge in [-0.3, -0.25) is 14.9 Å². The summed E-state index contributed by atoms with van der Waals surface area (Å²) >= 11 is 6.15. The summed E-state index contributed by atoms with van der Waals surface area (Å²) in [5.74, 6) is -0.248. The predicted molar refractivity (Wildman–Crippen MR) is 92.2 cm³/mol. The molecule has 0 aliphatic carbocycles. The van der Waals surface area contributed by atoms with Crippen molar-refractivity contribution in [3.8, 4) is 0 Å². The molecule has 0 unspecified atom stereocenters. The first kappa shape index (κ1) is 16.9. The Morgan fingerprint density at radius 3 is 2.68 bits per heavy atom. The Hall–Kier alpha value is -2.93. The van der Waals surface area contributed by atoms with Gasteiger partial charge in [-0.05, 0) is 18.6 Å². The summed E-state index contributed by atoms with van der Waals surface area (Å²) in [7, 11) is 0. The number of nitro benzene ring substituents is 1. The number of nitro groups is 1. The normalized spacial score (nSPS) is 16.4. The predicted octanol–water partition coefficient (Wildman–Crippen LogP) is 3.80. The molecule has 8 heteroatoms. The van der Waals surface area contributed by atoms with Crippen LogP contribution in [0, 0.1) is 17.0 Å². The number of hydrazone groups is 1. The number of aryl methyl sites for hydroxylation is 1. The maximum absolute atomic E-state index is 12.0. The molecule has 0 saturated heterocycles. The van der Waals surface area contributed by atoms with Crippen LogP contribution in [0.15, 0.2) is 47.6 Å². The molecule has 0 fully saturated rings. The number of hydrogen-bond acceptors (Lipinski definition) is 5. The molecule has 2 aromatic carbocycles. The van der Waals surface area contributed by atoms with Crippen LogP contribution < -0.4 is 0 Å². The van der Waals surface area contributed by atoms with Crippen molar-refractivity contribution in [2.45, 2.75) is 20.1 Å². The van der Waals surface area contributed by atoms with Crippen LogP contribution in [0.1, 0.15) is 29.8 Å². The van der Waals surface area contributed by atoms with E-state index in [1.54, 1.807) is 0 Å². The quantitative estimate of drug-likeness (QED) is 0.616. The molecule has 0 saturated carbocycles. The SMILES string of the molecule is CC(=O)N1N=C(c2cc([N+](=O)[O-])ccc2Cl)O[C@H]1c1ccccc1C. The van der Waals surface area contributed by atoms with E-state index in [0.29, 0.717) is 0 Å². The van der Waals surface area contributed by atoms with Crippen molar-refractivity contribution in [3.63, 3.8) is 0 Å². The van der Waals surface area contributed by atoms with Crippen molar-refractivity contribution in [3.05, 3.63) is 74.3 Å². The molecule has 0 aromatic heterocycles. The van der Waals surface area contributed by atoms with E-state index >= 15 is 0 Å². The lowest BCUT2D eigenvalue weighted by atomic mass is 10.1. The van der Waals surface area contributed by atoms with Crippen LogP contribution in [0.2, 0.25) is 5.02 Å². The summed E-state index contributed by atoms with van der Waals surface area (Å²) in [6.45, 7) is 3.27. The number of amides is 1. The number of ether oxygens (including phenoxy) is 1. The van der Waals surface area contributed by atoms with Crippen LogP contribution in [0.5, 0.6) is 0 Å². The van der Waals surface area contributed by atoms with Gasteiger partial charge in [-0.1, -0.05) is 35.9 Å². The zero-order chi connectivity index (χ0) is 18.1. The van der Waals surface area contributed by atoms with Gasteiger partial charge >= 0.3 is 0 Å². The Bertz CT molecular complexity index is 897. The minimum Gasteiger partial charge on any atom is -0.446 e. The minimum absolute atomic E-state index is 0.0668. The van der Waals surface area contributed by atoms with Crippen LogP contribution >= 0.6 is 11.6 Å². The number of halogens is 1. The van der Waals surface area contributed by atoms with E-state index in [0.717, 1.165) is 11.1 Å². The standard InChI is InChI=1S/C17H14ClN3O4/c1-10-5-3-4-6-13(10)17-20(11(2)22)19-16(25-17)14-9-12(21(23)24)7-8-15(14)18/h3-9,17H,1-2H3/t17-/m0/s1. The van der Waals surface area contributed by atoms with Crippen molar-refractivity contribution < 1.29 is 14.5 Å². The molecule has 0 radical (unpaired) electrons. The number of carbonyl (C=O) groups is 1. The highest BCUT2D eigenvalue weighted by Gasteiger charge is 2.35. The second-order valence-corrected chi connectivity index (χ2v) is 5.92. The van der Waals surface area contributed by atoms with Gasteiger partial charge in [0.15, 0.2) is 0 Å². The first-order valence-electron chi connectivity index (χ1n) is 7.43. The molecule has 0 spiro atoms. The lowest BCUT2D eigenvalue weighted by Gasteiger charge is -2.20. The van der Waals surface area contributed by atoms with E-state index in [1.165, 1.54) is 30.1 Å². The maximum atomic E-state index is 12.0. The van der Waals surface area contributed by atoms with Crippen molar-refractivity contribution in [1.82, 2.24) is 5.01 Å². The third-order valence-corrected chi connectivity index (χ3v) is 4.14. The molecule has 0 N–H and O–H groups in total. The molecular formula is C17H14ClN3O4. The average molecular weight is 360 g/mol. The van der Waals surface area contributed by atoms with Crippen molar-refractivity contribution in [1.29, 1.82) is 0 Å².